The molecule has 0 aliphatic carbocycles. The number of nitrogens with one attached hydrogen (secondary N) is 2. The molecule has 0 aromatic heterocycles. The van der Waals surface area contributed by atoms with Crippen LogP contribution in [0.1, 0.15) is 27.1 Å². The van der Waals surface area contributed by atoms with Crippen molar-refractivity contribution in [2.75, 3.05) is 11.9 Å². The minimum Gasteiger partial charge on any atom is -0.370 e. The summed E-state index contributed by atoms with van der Waals surface area (Å²) in [6, 6.07) is 11.4. The second-order valence-electron chi connectivity index (χ2n) is 5.10. The van der Waals surface area contributed by atoms with Crippen molar-refractivity contribution in [3.8, 4) is 0 Å². The first kappa shape index (κ1) is 19.0. The van der Waals surface area contributed by atoms with E-state index in [0.29, 0.717) is 5.69 Å². The number of rotatable bonds is 6. The van der Waals surface area contributed by atoms with Gasteiger partial charge in [0.15, 0.2) is 0 Å². The largest absolute Gasteiger partial charge is 0.370 e. The Hall–Kier alpha value is -2.38. The highest BCUT2D eigenvalue weighted by Crippen LogP contribution is 2.23. The Morgan fingerprint density at radius 2 is 1.76 bits per heavy atom. The normalized spacial score (nSPS) is 10.2. The zero-order valence-electron chi connectivity index (χ0n) is 13.0. The van der Waals surface area contributed by atoms with Crippen molar-refractivity contribution in [1.29, 1.82) is 0 Å². The van der Waals surface area contributed by atoms with Crippen LogP contribution < -0.4 is 16.4 Å². The van der Waals surface area contributed by atoms with Gasteiger partial charge in [-0.05, 0) is 30.3 Å². The van der Waals surface area contributed by atoms with Gasteiger partial charge in [0, 0.05) is 17.4 Å². The van der Waals surface area contributed by atoms with E-state index in [0.717, 1.165) is 4.47 Å². The van der Waals surface area contributed by atoms with Gasteiger partial charge in [0.25, 0.3) is 11.8 Å². The Kier molecular flexibility index (Phi) is 6.55. The summed E-state index contributed by atoms with van der Waals surface area (Å²) in [6.45, 7) is 0.120. The minimum atomic E-state index is -0.508. The molecule has 0 aliphatic rings. The predicted octanol–water partition coefficient (Wildman–Crippen LogP) is 2.96. The van der Waals surface area contributed by atoms with Crippen molar-refractivity contribution in [2.45, 2.75) is 6.42 Å². The van der Waals surface area contributed by atoms with Gasteiger partial charge in [0.05, 0.1) is 21.8 Å². The van der Waals surface area contributed by atoms with Crippen molar-refractivity contribution in [3.63, 3.8) is 0 Å². The van der Waals surface area contributed by atoms with Crippen molar-refractivity contribution in [1.82, 2.24) is 5.32 Å². The van der Waals surface area contributed by atoms with Crippen LogP contribution in [0, 0.1) is 0 Å². The molecule has 0 heterocycles. The standard InChI is InChI=1S/C17H15BrClN3O3/c18-10-5-6-11(13(19)9-10)17(25)22-14-4-2-1-3-12(14)16(24)21-8-7-15(20)23/h1-6,9H,7-8H2,(H2,20,23)(H,21,24)(H,22,25). The summed E-state index contributed by atoms with van der Waals surface area (Å²) in [6.07, 6.45) is 0.0365. The average molecular weight is 425 g/mol. The minimum absolute atomic E-state index is 0.0365. The number of para-hydroxylation sites is 1. The molecule has 0 atom stereocenters. The van der Waals surface area contributed by atoms with Gasteiger partial charge in [-0.3, -0.25) is 14.4 Å². The van der Waals surface area contributed by atoms with E-state index in [2.05, 4.69) is 26.6 Å². The lowest BCUT2D eigenvalue weighted by atomic mass is 10.1. The molecule has 0 bridgehead atoms. The molecular weight excluding hydrogens is 410 g/mol. The number of carbonyl (C=O) groups excluding carboxylic acids is 3. The lowest BCUT2D eigenvalue weighted by Crippen LogP contribution is -2.28. The van der Waals surface area contributed by atoms with Gasteiger partial charge in [-0.2, -0.15) is 0 Å². The number of benzene rings is 2. The highest BCUT2D eigenvalue weighted by molar-refractivity contribution is 9.10. The summed E-state index contributed by atoms with van der Waals surface area (Å²) in [5, 5.41) is 5.54. The van der Waals surface area contributed by atoms with Gasteiger partial charge < -0.3 is 16.4 Å². The maximum Gasteiger partial charge on any atom is 0.257 e. The summed E-state index contributed by atoms with van der Waals surface area (Å²) in [7, 11) is 0. The van der Waals surface area contributed by atoms with E-state index in [1.165, 1.54) is 0 Å². The summed E-state index contributed by atoms with van der Waals surface area (Å²) >= 11 is 9.35. The number of amides is 3. The van der Waals surface area contributed by atoms with Crippen LogP contribution >= 0.6 is 27.5 Å². The molecule has 2 rings (SSSR count). The Labute approximate surface area is 157 Å². The zero-order chi connectivity index (χ0) is 18.4. The van der Waals surface area contributed by atoms with E-state index in [9.17, 15) is 14.4 Å². The first-order valence-electron chi connectivity index (χ1n) is 7.30. The summed E-state index contributed by atoms with van der Waals surface area (Å²) < 4.78 is 0.753. The van der Waals surface area contributed by atoms with E-state index < -0.39 is 17.7 Å². The summed E-state index contributed by atoms with van der Waals surface area (Å²) in [4.78, 5) is 35.4. The molecule has 8 heteroatoms. The smallest absolute Gasteiger partial charge is 0.257 e. The quantitative estimate of drug-likeness (QED) is 0.664. The van der Waals surface area contributed by atoms with E-state index in [-0.39, 0.29) is 29.1 Å². The third kappa shape index (κ3) is 5.30. The van der Waals surface area contributed by atoms with Gasteiger partial charge >= 0.3 is 0 Å². The van der Waals surface area contributed by atoms with E-state index in [1.807, 2.05) is 0 Å². The van der Waals surface area contributed by atoms with Crippen molar-refractivity contribution >= 4 is 50.9 Å². The number of nitrogens with two attached hydrogens (primary N) is 1. The second-order valence-corrected chi connectivity index (χ2v) is 6.42. The molecule has 25 heavy (non-hydrogen) atoms. The lowest BCUT2D eigenvalue weighted by Gasteiger charge is -2.12. The molecule has 2 aromatic carbocycles. The van der Waals surface area contributed by atoms with Gasteiger partial charge in [0.2, 0.25) is 5.91 Å². The third-order valence-corrected chi connectivity index (χ3v) is 4.06. The van der Waals surface area contributed by atoms with Crippen molar-refractivity contribution < 1.29 is 14.4 Å². The SMILES string of the molecule is NC(=O)CCNC(=O)c1ccccc1NC(=O)c1ccc(Br)cc1Cl. The van der Waals surface area contributed by atoms with Gasteiger partial charge in [0.1, 0.15) is 0 Å². The van der Waals surface area contributed by atoms with Gasteiger partial charge in [-0.25, -0.2) is 0 Å². The number of primary amides is 1. The molecule has 3 amide bonds. The Balaban J connectivity index is 2.15. The third-order valence-electron chi connectivity index (χ3n) is 3.25. The molecule has 4 N–H and O–H groups in total. The topological polar surface area (TPSA) is 101 Å². The highest BCUT2D eigenvalue weighted by Gasteiger charge is 2.16. The van der Waals surface area contributed by atoms with Crippen LogP contribution in [-0.2, 0) is 4.79 Å². The fourth-order valence-corrected chi connectivity index (χ4v) is 2.81. The number of halogens is 2. The van der Waals surface area contributed by atoms with Crippen LogP contribution in [-0.4, -0.2) is 24.3 Å². The first-order valence-corrected chi connectivity index (χ1v) is 8.47. The molecule has 6 nitrogen and oxygen atoms in total. The summed E-state index contributed by atoms with van der Waals surface area (Å²) in [5.41, 5.74) is 5.93. The van der Waals surface area contributed by atoms with Crippen molar-refractivity contribution in [3.05, 3.63) is 63.1 Å². The Morgan fingerprint density at radius 3 is 2.44 bits per heavy atom. The van der Waals surface area contributed by atoms with E-state index in [1.54, 1.807) is 42.5 Å². The van der Waals surface area contributed by atoms with Crippen LogP contribution in [0.15, 0.2) is 46.9 Å². The Morgan fingerprint density at radius 1 is 1.04 bits per heavy atom. The van der Waals surface area contributed by atoms with Crippen LogP contribution in [0.2, 0.25) is 5.02 Å². The second kappa shape index (κ2) is 8.64. The number of anilines is 1. The average Bonchev–Trinajstić information content (AvgIpc) is 2.54. The fraction of sp³-hybridized carbons (Fsp3) is 0.118. The molecule has 0 unspecified atom stereocenters. The molecular formula is C17H15BrClN3O3. The molecule has 0 spiro atoms. The molecule has 2 aromatic rings. The monoisotopic (exact) mass is 423 g/mol. The zero-order valence-corrected chi connectivity index (χ0v) is 15.4. The van der Waals surface area contributed by atoms with Crippen LogP contribution in [0.3, 0.4) is 0 Å². The molecule has 0 saturated carbocycles. The predicted molar refractivity (Wildman–Crippen MR) is 99.7 cm³/mol. The fourth-order valence-electron chi connectivity index (χ4n) is 2.05. The van der Waals surface area contributed by atoms with E-state index >= 15 is 0 Å². The van der Waals surface area contributed by atoms with Crippen LogP contribution in [0.5, 0.6) is 0 Å². The number of hydrogen-bond donors (Lipinski definition) is 3. The lowest BCUT2D eigenvalue weighted by molar-refractivity contribution is -0.117. The maximum atomic E-state index is 12.4. The molecule has 0 radical (unpaired) electrons. The highest BCUT2D eigenvalue weighted by atomic mass is 79.9. The molecule has 0 saturated heterocycles. The maximum absolute atomic E-state index is 12.4. The van der Waals surface area contributed by atoms with Crippen LogP contribution in [0.25, 0.3) is 0 Å². The molecule has 130 valence electrons. The molecule has 0 aliphatic heterocycles. The van der Waals surface area contributed by atoms with Gasteiger partial charge in [-0.1, -0.05) is 39.7 Å². The van der Waals surface area contributed by atoms with Gasteiger partial charge in [-0.15, -0.1) is 0 Å². The van der Waals surface area contributed by atoms with Crippen LogP contribution in [0.4, 0.5) is 5.69 Å². The number of hydrogen-bond acceptors (Lipinski definition) is 3. The van der Waals surface area contributed by atoms with E-state index in [4.69, 9.17) is 17.3 Å². The first-order chi connectivity index (χ1) is 11.9. The van der Waals surface area contributed by atoms with Crippen molar-refractivity contribution in [2.24, 2.45) is 5.73 Å². The number of carbonyl (C=O) groups is 3. The summed E-state index contributed by atoms with van der Waals surface area (Å²) in [5.74, 6) is -1.36. The Bertz CT molecular complexity index is 827. The molecule has 0 fully saturated rings.